The first-order valence-corrected chi connectivity index (χ1v) is 6.21. The van der Waals surface area contributed by atoms with Crippen LogP contribution in [0.4, 0.5) is 5.69 Å². The molecule has 0 amide bonds. The Balaban J connectivity index is 3.58. The van der Waals surface area contributed by atoms with Crippen LogP contribution in [-0.4, -0.2) is 19.6 Å². The van der Waals surface area contributed by atoms with E-state index >= 15 is 0 Å². The van der Waals surface area contributed by atoms with Gasteiger partial charge >= 0.3 is 0 Å². The van der Waals surface area contributed by atoms with Crippen molar-refractivity contribution in [3.05, 3.63) is 32.3 Å². The molecule has 1 rings (SSSR count). The zero-order chi connectivity index (χ0) is 11.8. The molecule has 1 aromatic carbocycles. The Morgan fingerprint density at radius 2 is 1.80 bits per heavy atom. The molecule has 0 spiro atoms. The maximum absolute atomic E-state index is 11.2. The number of rotatable bonds is 2. The Morgan fingerprint density at radius 1 is 1.27 bits per heavy atom. The molecule has 0 atom stereocenters. The minimum atomic E-state index is -3.60. The highest BCUT2D eigenvalue weighted by atomic mass is 35.5. The highest BCUT2D eigenvalue weighted by Crippen LogP contribution is 2.32. The Kier molecular flexibility index (Phi) is 3.22. The number of sulfone groups is 1. The van der Waals surface area contributed by atoms with Gasteiger partial charge in [0.05, 0.1) is 14.8 Å². The van der Waals surface area contributed by atoms with Crippen molar-refractivity contribution in [2.24, 2.45) is 0 Å². The number of benzene rings is 1. The van der Waals surface area contributed by atoms with Crippen molar-refractivity contribution in [3.63, 3.8) is 0 Å². The molecule has 0 saturated carbocycles. The van der Waals surface area contributed by atoms with Crippen LogP contribution >= 0.6 is 23.2 Å². The van der Waals surface area contributed by atoms with Gasteiger partial charge in [0.1, 0.15) is 5.02 Å². The molecule has 0 aromatic heterocycles. The predicted molar refractivity (Wildman–Crippen MR) is 56.2 cm³/mol. The van der Waals surface area contributed by atoms with Crippen LogP contribution in [0.3, 0.4) is 0 Å². The first-order chi connectivity index (χ1) is 6.73. The van der Waals surface area contributed by atoms with E-state index in [0.29, 0.717) is 0 Å². The third-order valence-corrected chi connectivity index (χ3v) is 3.46. The highest BCUT2D eigenvalue weighted by Gasteiger charge is 2.21. The van der Waals surface area contributed by atoms with Gasteiger partial charge in [-0.05, 0) is 6.07 Å². The fraction of sp³-hybridized carbons (Fsp3) is 0.143. The first-order valence-electron chi connectivity index (χ1n) is 3.57. The van der Waals surface area contributed by atoms with Crippen molar-refractivity contribution in [1.29, 1.82) is 0 Å². The summed E-state index contributed by atoms with van der Waals surface area (Å²) in [6, 6.07) is 1.89. The molecule has 0 bridgehead atoms. The van der Waals surface area contributed by atoms with Crippen LogP contribution in [0.2, 0.25) is 10.0 Å². The van der Waals surface area contributed by atoms with E-state index in [9.17, 15) is 18.5 Å². The van der Waals surface area contributed by atoms with Crippen LogP contribution in [0, 0.1) is 10.1 Å². The lowest BCUT2D eigenvalue weighted by Crippen LogP contribution is -2.00. The third-order valence-electron chi connectivity index (χ3n) is 1.60. The quantitative estimate of drug-likeness (QED) is 0.610. The van der Waals surface area contributed by atoms with Gasteiger partial charge in [-0.1, -0.05) is 23.2 Å². The summed E-state index contributed by atoms with van der Waals surface area (Å²) in [6.45, 7) is 0. The molecule has 8 heteroatoms. The van der Waals surface area contributed by atoms with E-state index in [2.05, 4.69) is 0 Å². The Hall–Kier alpha value is -0.850. The molecule has 1 aromatic rings. The van der Waals surface area contributed by atoms with Gasteiger partial charge in [-0.3, -0.25) is 10.1 Å². The molecular weight excluding hydrogens is 265 g/mol. The Morgan fingerprint density at radius 3 is 2.20 bits per heavy atom. The summed E-state index contributed by atoms with van der Waals surface area (Å²) in [5.74, 6) is 0. The van der Waals surface area contributed by atoms with E-state index in [0.717, 1.165) is 18.4 Å². The van der Waals surface area contributed by atoms with Crippen molar-refractivity contribution >= 4 is 38.7 Å². The van der Waals surface area contributed by atoms with E-state index < -0.39 is 20.4 Å². The van der Waals surface area contributed by atoms with Crippen LogP contribution < -0.4 is 0 Å². The SMILES string of the molecule is CS(=O)(=O)c1cc([N+](=O)[O-])c(Cl)cc1Cl. The lowest BCUT2D eigenvalue weighted by molar-refractivity contribution is -0.384. The maximum Gasteiger partial charge on any atom is 0.289 e. The normalized spacial score (nSPS) is 11.4. The van der Waals surface area contributed by atoms with Gasteiger partial charge in [-0.15, -0.1) is 0 Å². The number of halogens is 2. The van der Waals surface area contributed by atoms with Gasteiger partial charge < -0.3 is 0 Å². The molecule has 0 heterocycles. The van der Waals surface area contributed by atoms with Gasteiger partial charge in [-0.2, -0.15) is 0 Å². The third kappa shape index (κ3) is 2.58. The van der Waals surface area contributed by atoms with E-state index in [1.54, 1.807) is 0 Å². The standard InChI is InChI=1S/C7H5Cl2NO4S/c1-15(13,14)7-3-6(10(11)12)4(8)2-5(7)9/h2-3H,1H3. The lowest BCUT2D eigenvalue weighted by atomic mass is 10.3. The minimum absolute atomic E-state index is 0.131. The van der Waals surface area contributed by atoms with Crippen LogP contribution in [0.15, 0.2) is 17.0 Å². The molecule has 0 aliphatic rings. The fourth-order valence-electron chi connectivity index (χ4n) is 0.942. The Labute approximate surface area is 95.7 Å². The first kappa shape index (κ1) is 12.2. The molecule has 0 fully saturated rings. The topological polar surface area (TPSA) is 77.3 Å². The number of hydrogen-bond donors (Lipinski definition) is 0. The average Bonchev–Trinajstić information content (AvgIpc) is 2.00. The summed E-state index contributed by atoms with van der Waals surface area (Å²) in [6.07, 6.45) is 0.909. The second kappa shape index (κ2) is 3.96. The van der Waals surface area contributed by atoms with Crippen molar-refractivity contribution in [2.75, 3.05) is 6.26 Å². The number of hydrogen-bond acceptors (Lipinski definition) is 4. The van der Waals surface area contributed by atoms with E-state index in [1.807, 2.05) is 0 Å². The molecular formula is C7H5Cl2NO4S. The summed E-state index contributed by atoms with van der Waals surface area (Å²) >= 11 is 11.1. The molecule has 15 heavy (non-hydrogen) atoms. The van der Waals surface area contributed by atoms with Gasteiger partial charge in [0, 0.05) is 12.3 Å². The van der Waals surface area contributed by atoms with Gasteiger partial charge in [0.15, 0.2) is 9.84 Å². The Bertz CT molecular complexity index is 526. The highest BCUT2D eigenvalue weighted by molar-refractivity contribution is 7.90. The molecule has 0 aliphatic carbocycles. The van der Waals surface area contributed by atoms with Crippen LogP contribution in [0.1, 0.15) is 0 Å². The van der Waals surface area contributed by atoms with Crippen LogP contribution in [0.5, 0.6) is 0 Å². The monoisotopic (exact) mass is 269 g/mol. The van der Waals surface area contributed by atoms with Gasteiger partial charge in [0.25, 0.3) is 5.69 Å². The van der Waals surface area contributed by atoms with Crippen LogP contribution in [0.25, 0.3) is 0 Å². The van der Waals surface area contributed by atoms with Crippen molar-refractivity contribution in [1.82, 2.24) is 0 Å². The number of nitro groups is 1. The largest absolute Gasteiger partial charge is 0.289 e. The zero-order valence-electron chi connectivity index (χ0n) is 7.40. The fourth-order valence-corrected chi connectivity index (χ4v) is 2.55. The summed E-state index contributed by atoms with van der Waals surface area (Å²) in [7, 11) is -3.60. The second-order valence-electron chi connectivity index (χ2n) is 2.76. The molecule has 5 nitrogen and oxygen atoms in total. The number of nitro benzene ring substituents is 1. The molecule has 82 valence electrons. The second-order valence-corrected chi connectivity index (χ2v) is 5.56. The van der Waals surface area contributed by atoms with E-state index in [1.165, 1.54) is 0 Å². The van der Waals surface area contributed by atoms with Crippen LogP contribution in [-0.2, 0) is 9.84 Å². The molecule has 0 N–H and O–H groups in total. The van der Waals surface area contributed by atoms with Crippen molar-refractivity contribution < 1.29 is 13.3 Å². The minimum Gasteiger partial charge on any atom is -0.258 e. The van der Waals surface area contributed by atoms with Gasteiger partial charge in [0.2, 0.25) is 0 Å². The molecule has 0 saturated heterocycles. The zero-order valence-corrected chi connectivity index (χ0v) is 9.73. The summed E-state index contributed by atoms with van der Waals surface area (Å²) < 4.78 is 22.4. The summed E-state index contributed by atoms with van der Waals surface area (Å²) in [5.41, 5.74) is -0.485. The number of nitrogens with zero attached hydrogens (tertiary/aromatic N) is 1. The molecule has 0 unspecified atom stereocenters. The van der Waals surface area contributed by atoms with Gasteiger partial charge in [-0.25, -0.2) is 8.42 Å². The summed E-state index contributed by atoms with van der Waals surface area (Å²) in [5, 5.41) is 10.2. The lowest BCUT2D eigenvalue weighted by Gasteiger charge is -2.02. The predicted octanol–water partition coefficient (Wildman–Crippen LogP) is 2.31. The average molecular weight is 270 g/mol. The summed E-state index contributed by atoms with van der Waals surface area (Å²) in [4.78, 5) is 9.42. The van der Waals surface area contributed by atoms with E-state index in [-0.39, 0.29) is 14.9 Å². The maximum atomic E-state index is 11.2. The van der Waals surface area contributed by atoms with E-state index in [4.69, 9.17) is 23.2 Å². The van der Waals surface area contributed by atoms with Crippen molar-refractivity contribution in [3.8, 4) is 0 Å². The molecule has 0 radical (unpaired) electrons. The molecule has 0 aliphatic heterocycles. The smallest absolute Gasteiger partial charge is 0.258 e. The van der Waals surface area contributed by atoms with Crippen molar-refractivity contribution in [2.45, 2.75) is 4.90 Å².